The lowest BCUT2D eigenvalue weighted by Gasteiger charge is -2.22. The molecular weight excluding hydrogens is 206 g/mol. The number of anilines is 1. The van der Waals surface area contributed by atoms with Crippen LogP contribution in [0.2, 0.25) is 0 Å². The van der Waals surface area contributed by atoms with Crippen LogP contribution >= 0.6 is 0 Å². The van der Waals surface area contributed by atoms with Crippen molar-refractivity contribution < 1.29 is 4.92 Å². The van der Waals surface area contributed by atoms with Crippen molar-refractivity contribution in [2.75, 3.05) is 11.9 Å². The molecule has 0 fully saturated rings. The second-order valence-electron chi connectivity index (χ2n) is 4.50. The Morgan fingerprint density at radius 2 is 2.25 bits per heavy atom. The van der Waals surface area contributed by atoms with Crippen LogP contribution in [0.5, 0.6) is 0 Å². The zero-order chi connectivity index (χ0) is 12.2. The van der Waals surface area contributed by atoms with Gasteiger partial charge in [-0.15, -0.1) is 0 Å². The van der Waals surface area contributed by atoms with Crippen LogP contribution in [-0.2, 0) is 0 Å². The lowest BCUT2D eigenvalue weighted by molar-refractivity contribution is -0.384. The van der Waals surface area contributed by atoms with E-state index in [4.69, 9.17) is 0 Å². The fourth-order valence-corrected chi connectivity index (χ4v) is 1.13. The van der Waals surface area contributed by atoms with Gasteiger partial charge in [-0.25, -0.2) is 4.98 Å². The van der Waals surface area contributed by atoms with Gasteiger partial charge in [0.05, 0.1) is 4.92 Å². The maximum Gasteiger partial charge on any atom is 0.311 e. The molecule has 0 aliphatic rings. The summed E-state index contributed by atoms with van der Waals surface area (Å²) in [5.41, 5.74) is 0.125. The maximum absolute atomic E-state index is 10.7. The average molecular weight is 223 g/mol. The zero-order valence-electron chi connectivity index (χ0n) is 9.86. The summed E-state index contributed by atoms with van der Waals surface area (Å²) in [6.07, 6.45) is 2.55. The van der Waals surface area contributed by atoms with Crippen LogP contribution in [-0.4, -0.2) is 16.5 Å². The van der Waals surface area contributed by atoms with Crippen LogP contribution < -0.4 is 5.32 Å². The fourth-order valence-electron chi connectivity index (χ4n) is 1.13. The highest BCUT2D eigenvalue weighted by Crippen LogP contribution is 2.24. The number of nitro groups is 1. The predicted octanol–water partition coefficient (Wildman–Crippen LogP) is 2.84. The van der Waals surface area contributed by atoms with Gasteiger partial charge in [-0.2, -0.15) is 0 Å². The van der Waals surface area contributed by atoms with Gasteiger partial charge in [-0.05, 0) is 17.9 Å². The number of rotatable bonds is 5. The maximum atomic E-state index is 10.7. The summed E-state index contributed by atoms with van der Waals surface area (Å²) in [6, 6.07) is 3.02. The Hall–Kier alpha value is -1.65. The van der Waals surface area contributed by atoms with Gasteiger partial charge in [0.15, 0.2) is 0 Å². The Morgan fingerprint density at radius 1 is 1.56 bits per heavy atom. The van der Waals surface area contributed by atoms with E-state index in [-0.39, 0.29) is 11.1 Å². The summed E-state index contributed by atoms with van der Waals surface area (Å²) in [7, 11) is 0. The summed E-state index contributed by atoms with van der Waals surface area (Å²) >= 11 is 0. The largest absolute Gasteiger partial charge is 0.364 e. The Bertz CT molecular complexity index is 377. The van der Waals surface area contributed by atoms with Gasteiger partial charge in [0, 0.05) is 18.8 Å². The lowest BCUT2D eigenvalue weighted by atomic mass is 9.90. The first kappa shape index (κ1) is 12.4. The molecule has 0 saturated heterocycles. The normalized spacial score (nSPS) is 11.2. The summed E-state index contributed by atoms with van der Waals surface area (Å²) in [5, 5.41) is 13.8. The van der Waals surface area contributed by atoms with E-state index in [9.17, 15) is 10.1 Å². The number of hydrogen-bond acceptors (Lipinski definition) is 4. The van der Waals surface area contributed by atoms with Gasteiger partial charge in [0.1, 0.15) is 0 Å². The van der Waals surface area contributed by atoms with Crippen LogP contribution in [0.15, 0.2) is 18.3 Å². The molecule has 88 valence electrons. The summed E-state index contributed by atoms with van der Waals surface area (Å²) < 4.78 is 0. The average Bonchev–Trinajstić information content (AvgIpc) is 2.27. The molecule has 0 saturated carbocycles. The van der Waals surface area contributed by atoms with E-state index in [0.29, 0.717) is 12.4 Å². The molecule has 16 heavy (non-hydrogen) atoms. The minimum Gasteiger partial charge on any atom is -0.364 e. The predicted molar refractivity (Wildman–Crippen MR) is 63.5 cm³/mol. The molecule has 1 aromatic heterocycles. The Balaban J connectivity index is 2.78. The second kappa shape index (κ2) is 4.92. The quantitative estimate of drug-likeness (QED) is 0.615. The van der Waals surface area contributed by atoms with Gasteiger partial charge in [0.2, 0.25) is 5.82 Å². The van der Waals surface area contributed by atoms with E-state index in [1.165, 1.54) is 6.07 Å². The third-order valence-corrected chi connectivity index (χ3v) is 2.67. The minimum atomic E-state index is -0.422. The summed E-state index contributed by atoms with van der Waals surface area (Å²) in [5.74, 6) is 0.342. The van der Waals surface area contributed by atoms with Gasteiger partial charge in [0.25, 0.3) is 0 Å². The number of nitrogens with zero attached hydrogens (tertiary/aromatic N) is 2. The molecule has 1 heterocycles. The van der Waals surface area contributed by atoms with Crippen molar-refractivity contribution >= 4 is 11.5 Å². The van der Waals surface area contributed by atoms with Crippen molar-refractivity contribution in [1.29, 1.82) is 0 Å². The highest BCUT2D eigenvalue weighted by Gasteiger charge is 2.18. The van der Waals surface area contributed by atoms with Crippen molar-refractivity contribution in [2.24, 2.45) is 5.41 Å². The Morgan fingerprint density at radius 3 is 2.81 bits per heavy atom. The standard InChI is InChI=1S/C11H17N3O2/c1-4-11(2,3)8-13-10-9(14(15)16)6-5-7-12-10/h5-7H,4,8H2,1-3H3,(H,12,13). The van der Waals surface area contributed by atoms with Crippen LogP contribution in [0.1, 0.15) is 27.2 Å². The number of hydrogen-bond donors (Lipinski definition) is 1. The molecule has 0 aliphatic heterocycles. The minimum absolute atomic E-state index is 0.0226. The van der Waals surface area contributed by atoms with E-state index >= 15 is 0 Å². The SMILES string of the molecule is CCC(C)(C)CNc1ncccc1[N+](=O)[O-]. The number of pyridine rings is 1. The van der Waals surface area contributed by atoms with E-state index in [1.54, 1.807) is 12.3 Å². The second-order valence-corrected chi connectivity index (χ2v) is 4.50. The molecule has 0 aliphatic carbocycles. The summed E-state index contributed by atoms with van der Waals surface area (Å²) in [6.45, 7) is 6.97. The molecular formula is C11H17N3O2. The number of nitrogens with one attached hydrogen (secondary N) is 1. The Labute approximate surface area is 95.0 Å². The molecule has 0 radical (unpaired) electrons. The monoisotopic (exact) mass is 223 g/mol. The molecule has 0 atom stereocenters. The van der Waals surface area contributed by atoms with Gasteiger partial charge < -0.3 is 5.32 Å². The highest BCUT2D eigenvalue weighted by molar-refractivity contribution is 5.55. The molecule has 5 heteroatoms. The first-order valence-electron chi connectivity index (χ1n) is 5.29. The van der Waals surface area contributed by atoms with Crippen molar-refractivity contribution in [3.63, 3.8) is 0 Å². The highest BCUT2D eigenvalue weighted by atomic mass is 16.6. The third kappa shape index (κ3) is 3.18. The number of aromatic nitrogens is 1. The molecule has 1 aromatic rings. The van der Waals surface area contributed by atoms with Crippen molar-refractivity contribution in [3.8, 4) is 0 Å². The molecule has 0 bridgehead atoms. The van der Waals surface area contributed by atoms with Gasteiger partial charge in [-0.1, -0.05) is 20.8 Å². The lowest BCUT2D eigenvalue weighted by Crippen LogP contribution is -2.22. The van der Waals surface area contributed by atoms with Crippen molar-refractivity contribution in [1.82, 2.24) is 4.98 Å². The van der Waals surface area contributed by atoms with Crippen molar-refractivity contribution in [2.45, 2.75) is 27.2 Å². The van der Waals surface area contributed by atoms with Crippen LogP contribution in [0.4, 0.5) is 11.5 Å². The first-order chi connectivity index (χ1) is 7.46. The third-order valence-electron chi connectivity index (χ3n) is 2.67. The molecule has 5 nitrogen and oxygen atoms in total. The van der Waals surface area contributed by atoms with Crippen LogP contribution in [0, 0.1) is 15.5 Å². The smallest absolute Gasteiger partial charge is 0.311 e. The van der Waals surface area contributed by atoms with E-state index in [0.717, 1.165) is 6.42 Å². The first-order valence-corrected chi connectivity index (χ1v) is 5.29. The molecule has 0 unspecified atom stereocenters. The summed E-state index contributed by atoms with van der Waals surface area (Å²) in [4.78, 5) is 14.3. The molecule has 1 rings (SSSR count). The van der Waals surface area contributed by atoms with Gasteiger partial charge in [-0.3, -0.25) is 10.1 Å². The van der Waals surface area contributed by atoms with Gasteiger partial charge >= 0.3 is 5.69 Å². The zero-order valence-corrected chi connectivity index (χ0v) is 9.86. The van der Waals surface area contributed by atoms with E-state index in [1.807, 2.05) is 0 Å². The molecule has 0 spiro atoms. The van der Waals surface area contributed by atoms with Crippen molar-refractivity contribution in [3.05, 3.63) is 28.4 Å². The molecule has 0 aromatic carbocycles. The topological polar surface area (TPSA) is 68.1 Å². The van der Waals surface area contributed by atoms with Crippen LogP contribution in [0.25, 0.3) is 0 Å². The van der Waals surface area contributed by atoms with E-state index < -0.39 is 4.92 Å². The van der Waals surface area contributed by atoms with E-state index in [2.05, 4.69) is 31.1 Å². The fraction of sp³-hybridized carbons (Fsp3) is 0.545. The van der Waals surface area contributed by atoms with Crippen LogP contribution in [0.3, 0.4) is 0 Å². The Kier molecular flexibility index (Phi) is 3.82. The molecule has 0 amide bonds. The molecule has 1 N–H and O–H groups in total.